The summed E-state index contributed by atoms with van der Waals surface area (Å²) in [5, 5.41) is 4.72. The molecule has 140 valence electrons. The molecule has 1 aliphatic rings. The summed E-state index contributed by atoms with van der Waals surface area (Å²) in [6, 6.07) is 9.34. The Morgan fingerprint density at radius 3 is 2.56 bits per heavy atom. The minimum atomic E-state index is -3.62. The van der Waals surface area contributed by atoms with Crippen molar-refractivity contribution < 1.29 is 8.42 Å². The lowest BCUT2D eigenvalue weighted by Crippen LogP contribution is -2.23. The fourth-order valence-electron chi connectivity index (χ4n) is 3.46. The first-order valence-electron chi connectivity index (χ1n) is 9.02. The molecule has 1 saturated carbocycles. The van der Waals surface area contributed by atoms with Crippen LogP contribution in [0.4, 0.5) is 0 Å². The van der Waals surface area contributed by atoms with Crippen molar-refractivity contribution in [3.8, 4) is 11.3 Å². The Hall–Kier alpha value is -2.58. The zero-order chi connectivity index (χ0) is 18.7. The smallest absolute Gasteiger partial charge is 0.242 e. The second-order valence-electron chi connectivity index (χ2n) is 6.65. The van der Waals surface area contributed by atoms with E-state index in [1.54, 1.807) is 24.7 Å². The first-order chi connectivity index (χ1) is 13.1. The first kappa shape index (κ1) is 17.8. The zero-order valence-corrected chi connectivity index (χ0v) is 15.6. The van der Waals surface area contributed by atoms with Gasteiger partial charge in [0.05, 0.1) is 24.0 Å². The normalized spacial score (nSPS) is 15.3. The monoisotopic (exact) mass is 383 g/mol. The SMILES string of the molecule is O=S(=O)(NCc1cc(-c2ccncc2)n(C2CCCC2)n1)c1cccnc1. The van der Waals surface area contributed by atoms with Crippen LogP contribution in [0.2, 0.25) is 0 Å². The largest absolute Gasteiger partial charge is 0.265 e. The molecule has 0 unspecified atom stereocenters. The highest BCUT2D eigenvalue weighted by Gasteiger charge is 2.22. The van der Waals surface area contributed by atoms with Crippen molar-refractivity contribution in [1.29, 1.82) is 0 Å². The van der Waals surface area contributed by atoms with Gasteiger partial charge in [-0.25, -0.2) is 13.1 Å². The lowest BCUT2D eigenvalue weighted by atomic mass is 10.1. The second-order valence-corrected chi connectivity index (χ2v) is 8.42. The van der Waals surface area contributed by atoms with Crippen LogP contribution in [0.1, 0.15) is 37.4 Å². The second kappa shape index (κ2) is 7.58. The van der Waals surface area contributed by atoms with Crippen molar-refractivity contribution in [2.24, 2.45) is 0 Å². The summed E-state index contributed by atoms with van der Waals surface area (Å²) >= 11 is 0. The highest BCUT2D eigenvalue weighted by molar-refractivity contribution is 7.89. The molecule has 0 spiro atoms. The fourth-order valence-corrected chi connectivity index (χ4v) is 4.42. The van der Waals surface area contributed by atoms with Crippen molar-refractivity contribution in [3.63, 3.8) is 0 Å². The zero-order valence-electron chi connectivity index (χ0n) is 14.8. The molecule has 3 aromatic heterocycles. The van der Waals surface area contributed by atoms with E-state index in [4.69, 9.17) is 5.10 Å². The maximum atomic E-state index is 12.4. The topological polar surface area (TPSA) is 89.8 Å². The number of nitrogens with zero attached hydrogens (tertiary/aromatic N) is 4. The van der Waals surface area contributed by atoms with Gasteiger partial charge in [0.1, 0.15) is 4.90 Å². The molecule has 0 aliphatic heterocycles. The van der Waals surface area contributed by atoms with Crippen molar-refractivity contribution in [2.45, 2.75) is 43.2 Å². The van der Waals surface area contributed by atoms with E-state index in [1.807, 2.05) is 18.2 Å². The maximum absolute atomic E-state index is 12.4. The number of hydrogen-bond acceptors (Lipinski definition) is 5. The van der Waals surface area contributed by atoms with Crippen LogP contribution in [-0.4, -0.2) is 28.2 Å². The molecule has 0 atom stereocenters. The Labute approximate surface area is 158 Å². The summed E-state index contributed by atoms with van der Waals surface area (Å²) < 4.78 is 29.5. The third-order valence-electron chi connectivity index (χ3n) is 4.82. The average Bonchev–Trinajstić information content (AvgIpc) is 3.37. The van der Waals surface area contributed by atoms with Gasteiger partial charge in [0.25, 0.3) is 0 Å². The van der Waals surface area contributed by atoms with E-state index >= 15 is 0 Å². The van der Waals surface area contributed by atoms with Crippen LogP contribution in [0.3, 0.4) is 0 Å². The molecular formula is C19H21N5O2S. The molecular weight excluding hydrogens is 362 g/mol. The van der Waals surface area contributed by atoms with Gasteiger partial charge in [-0.15, -0.1) is 0 Å². The summed E-state index contributed by atoms with van der Waals surface area (Å²) in [5.41, 5.74) is 2.73. The Kier molecular flexibility index (Phi) is 5.00. The van der Waals surface area contributed by atoms with Crippen LogP contribution < -0.4 is 4.72 Å². The predicted molar refractivity (Wildman–Crippen MR) is 101 cm³/mol. The quantitative estimate of drug-likeness (QED) is 0.707. The van der Waals surface area contributed by atoms with Crippen molar-refractivity contribution in [1.82, 2.24) is 24.5 Å². The van der Waals surface area contributed by atoms with Crippen LogP contribution in [0, 0.1) is 0 Å². The molecule has 0 amide bonds. The molecule has 27 heavy (non-hydrogen) atoms. The summed E-state index contributed by atoms with van der Waals surface area (Å²) in [6.45, 7) is 0.134. The minimum Gasteiger partial charge on any atom is -0.265 e. The molecule has 0 radical (unpaired) electrons. The molecule has 1 aliphatic carbocycles. The number of aromatic nitrogens is 4. The maximum Gasteiger partial charge on any atom is 0.242 e. The number of hydrogen-bond donors (Lipinski definition) is 1. The summed E-state index contributed by atoms with van der Waals surface area (Å²) in [4.78, 5) is 8.10. The molecule has 0 aromatic carbocycles. The lowest BCUT2D eigenvalue weighted by Gasteiger charge is -2.14. The minimum absolute atomic E-state index is 0.134. The van der Waals surface area contributed by atoms with Gasteiger partial charge < -0.3 is 0 Å². The van der Waals surface area contributed by atoms with Crippen molar-refractivity contribution in [2.75, 3.05) is 0 Å². The number of rotatable bonds is 6. The molecule has 0 saturated heterocycles. The third-order valence-corrected chi connectivity index (χ3v) is 6.21. The van der Waals surface area contributed by atoms with Crippen LogP contribution in [0.5, 0.6) is 0 Å². The average molecular weight is 383 g/mol. The van der Waals surface area contributed by atoms with E-state index < -0.39 is 10.0 Å². The van der Waals surface area contributed by atoms with Crippen molar-refractivity contribution >= 4 is 10.0 Å². The van der Waals surface area contributed by atoms with Gasteiger partial charge >= 0.3 is 0 Å². The Morgan fingerprint density at radius 1 is 1.07 bits per heavy atom. The summed E-state index contributed by atoms with van der Waals surface area (Å²) in [5.74, 6) is 0. The van der Waals surface area contributed by atoms with Crippen LogP contribution >= 0.6 is 0 Å². The van der Waals surface area contributed by atoms with E-state index in [2.05, 4.69) is 19.4 Å². The molecule has 1 N–H and O–H groups in total. The molecule has 4 rings (SSSR count). The van der Waals surface area contributed by atoms with Gasteiger partial charge in [0.15, 0.2) is 0 Å². The Bertz CT molecular complexity index is 997. The van der Waals surface area contributed by atoms with Gasteiger partial charge in [-0.05, 0) is 43.2 Å². The van der Waals surface area contributed by atoms with E-state index in [1.165, 1.54) is 25.1 Å². The van der Waals surface area contributed by atoms with Crippen LogP contribution in [-0.2, 0) is 16.6 Å². The van der Waals surface area contributed by atoms with E-state index in [0.717, 1.165) is 24.1 Å². The molecule has 3 heterocycles. The summed E-state index contributed by atoms with van der Waals surface area (Å²) in [7, 11) is -3.62. The van der Waals surface area contributed by atoms with Gasteiger partial charge in [0.2, 0.25) is 10.0 Å². The highest BCUT2D eigenvalue weighted by atomic mass is 32.2. The molecule has 0 bridgehead atoms. The predicted octanol–water partition coefficient (Wildman–Crippen LogP) is 2.93. The molecule has 8 heteroatoms. The highest BCUT2D eigenvalue weighted by Crippen LogP contribution is 2.33. The van der Waals surface area contributed by atoms with E-state index in [-0.39, 0.29) is 11.4 Å². The standard InChI is InChI=1S/C19H21N5O2S/c25-27(26,18-6-3-9-21-14-18)22-13-16-12-19(15-7-10-20-11-8-15)24(23-16)17-4-1-2-5-17/h3,6-12,14,17,22H,1-2,4-5,13H2. The fraction of sp³-hybridized carbons (Fsp3) is 0.316. The van der Waals surface area contributed by atoms with E-state index in [9.17, 15) is 8.42 Å². The Morgan fingerprint density at radius 2 is 1.85 bits per heavy atom. The Balaban J connectivity index is 1.60. The van der Waals surface area contributed by atoms with E-state index in [0.29, 0.717) is 11.7 Å². The summed E-state index contributed by atoms with van der Waals surface area (Å²) in [6.07, 6.45) is 11.0. The molecule has 7 nitrogen and oxygen atoms in total. The van der Waals surface area contributed by atoms with Gasteiger partial charge in [-0.2, -0.15) is 5.10 Å². The number of sulfonamides is 1. The van der Waals surface area contributed by atoms with Crippen molar-refractivity contribution in [3.05, 3.63) is 60.8 Å². The van der Waals surface area contributed by atoms with Gasteiger partial charge in [-0.3, -0.25) is 14.6 Å². The molecule has 1 fully saturated rings. The van der Waals surface area contributed by atoms with Gasteiger partial charge in [0, 0.05) is 30.4 Å². The third kappa shape index (κ3) is 3.91. The van der Waals surface area contributed by atoms with Gasteiger partial charge in [-0.1, -0.05) is 12.8 Å². The first-order valence-corrected chi connectivity index (χ1v) is 10.5. The number of pyridine rings is 2. The lowest BCUT2D eigenvalue weighted by molar-refractivity contribution is 0.467. The van der Waals surface area contributed by atoms with Crippen LogP contribution in [0.15, 0.2) is 60.0 Å². The number of nitrogens with one attached hydrogen (secondary N) is 1. The molecule has 3 aromatic rings. The van der Waals surface area contributed by atoms with Crippen LogP contribution in [0.25, 0.3) is 11.3 Å².